The summed E-state index contributed by atoms with van der Waals surface area (Å²) in [6.07, 6.45) is -3.70. The van der Waals surface area contributed by atoms with Crippen LogP contribution in [0.3, 0.4) is 0 Å². The lowest BCUT2D eigenvalue weighted by molar-refractivity contribution is -0.174. The smallest absolute Gasteiger partial charge is 0.383 e. The summed E-state index contributed by atoms with van der Waals surface area (Å²) in [5.41, 5.74) is 5.73. The van der Waals surface area contributed by atoms with Crippen molar-refractivity contribution >= 4 is 0 Å². The highest BCUT2D eigenvalue weighted by Gasteiger charge is 2.27. The molecule has 2 N–H and O–H groups in total. The zero-order valence-electron chi connectivity index (χ0n) is 10.3. The first-order valence-electron chi connectivity index (χ1n) is 5.42. The van der Waals surface area contributed by atoms with Crippen LogP contribution in [0.1, 0.15) is 6.42 Å². The third-order valence-electron chi connectivity index (χ3n) is 2.02. The van der Waals surface area contributed by atoms with Gasteiger partial charge in [0.05, 0.1) is 6.61 Å². The van der Waals surface area contributed by atoms with Gasteiger partial charge in [0, 0.05) is 32.8 Å². The highest BCUT2D eigenvalue weighted by Crippen LogP contribution is 2.14. The van der Waals surface area contributed by atoms with Crippen molar-refractivity contribution in [2.75, 3.05) is 47.1 Å². The normalized spacial score (nSPS) is 14.3. The van der Waals surface area contributed by atoms with Crippen molar-refractivity contribution in [3.05, 3.63) is 0 Å². The molecule has 0 saturated heterocycles. The minimum absolute atomic E-state index is 0.0823. The number of hydrogen-bond acceptors (Lipinski definition) is 4. The molecule has 0 spiro atoms. The van der Waals surface area contributed by atoms with E-state index in [2.05, 4.69) is 4.74 Å². The number of hydrogen-bond donors (Lipinski definition) is 1. The van der Waals surface area contributed by atoms with Crippen LogP contribution in [0.15, 0.2) is 0 Å². The largest absolute Gasteiger partial charge is 0.411 e. The first-order valence-corrected chi connectivity index (χ1v) is 5.42. The summed E-state index contributed by atoms with van der Waals surface area (Å²) < 4.78 is 44.6. The molecule has 0 radical (unpaired) electrons. The molecule has 0 aromatic rings. The minimum Gasteiger partial charge on any atom is -0.383 e. The molecule has 17 heavy (non-hydrogen) atoms. The molecule has 0 aliphatic carbocycles. The van der Waals surface area contributed by atoms with Crippen LogP contribution in [0.2, 0.25) is 0 Å². The van der Waals surface area contributed by atoms with E-state index in [1.165, 1.54) is 0 Å². The Hall–Kier alpha value is -0.370. The Kier molecular flexibility index (Phi) is 8.49. The number of ether oxygens (including phenoxy) is 2. The number of halogens is 3. The van der Waals surface area contributed by atoms with Crippen molar-refractivity contribution in [1.82, 2.24) is 4.90 Å². The van der Waals surface area contributed by atoms with Crippen LogP contribution >= 0.6 is 0 Å². The molecular weight excluding hydrogens is 237 g/mol. The van der Waals surface area contributed by atoms with E-state index in [0.29, 0.717) is 26.1 Å². The molecule has 0 amide bonds. The van der Waals surface area contributed by atoms with Gasteiger partial charge in [-0.1, -0.05) is 0 Å². The monoisotopic (exact) mass is 258 g/mol. The Morgan fingerprint density at radius 2 is 2.00 bits per heavy atom. The van der Waals surface area contributed by atoms with Crippen LogP contribution < -0.4 is 5.73 Å². The number of rotatable bonds is 9. The number of nitrogens with two attached hydrogens (primary N) is 1. The van der Waals surface area contributed by atoms with Gasteiger partial charge in [0.25, 0.3) is 0 Å². The Bertz CT molecular complexity index is 191. The van der Waals surface area contributed by atoms with Gasteiger partial charge in [-0.2, -0.15) is 13.2 Å². The molecule has 0 rings (SSSR count). The van der Waals surface area contributed by atoms with Crippen molar-refractivity contribution in [2.24, 2.45) is 5.73 Å². The second kappa shape index (κ2) is 8.68. The second-order valence-corrected chi connectivity index (χ2v) is 4.00. The van der Waals surface area contributed by atoms with E-state index in [9.17, 15) is 13.2 Å². The lowest BCUT2D eigenvalue weighted by atomic mass is 10.3. The summed E-state index contributed by atoms with van der Waals surface area (Å²) >= 11 is 0. The molecule has 0 aromatic carbocycles. The maximum Gasteiger partial charge on any atom is 0.411 e. The van der Waals surface area contributed by atoms with Crippen LogP contribution in [0.25, 0.3) is 0 Å². The number of likely N-dealkylation sites (N-methyl/N-ethyl adjacent to an activating group) is 1. The van der Waals surface area contributed by atoms with E-state index in [-0.39, 0.29) is 12.6 Å². The van der Waals surface area contributed by atoms with Gasteiger partial charge in [-0.3, -0.25) is 0 Å². The molecule has 0 aromatic heterocycles. The summed E-state index contributed by atoms with van der Waals surface area (Å²) in [4.78, 5) is 1.95. The summed E-state index contributed by atoms with van der Waals surface area (Å²) in [6.45, 7) is 0.681. The van der Waals surface area contributed by atoms with Gasteiger partial charge in [0.2, 0.25) is 0 Å². The zero-order chi connectivity index (χ0) is 13.3. The van der Waals surface area contributed by atoms with E-state index in [0.717, 1.165) is 0 Å². The summed E-state index contributed by atoms with van der Waals surface area (Å²) in [6, 6.07) is -0.0823. The average molecular weight is 258 g/mol. The van der Waals surface area contributed by atoms with Crippen LogP contribution in [-0.2, 0) is 9.47 Å². The topological polar surface area (TPSA) is 47.7 Å². The van der Waals surface area contributed by atoms with Crippen molar-refractivity contribution in [1.29, 1.82) is 0 Å². The zero-order valence-corrected chi connectivity index (χ0v) is 10.3. The molecule has 104 valence electrons. The molecule has 7 heteroatoms. The maximum absolute atomic E-state index is 11.7. The Morgan fingerprint density at radius 3 is 2.53 bits per heavy atom. The third-order valence-corrected chi connectivity index (χ3v) is 2.02. The molecule has 0 aliphatic heterocycles. The standard InChI is InChI=1S/C10H21F3N2O2/c1-15(6-9(14)7-16-2)4-3-5-17-8-10(11,12)13/h9H,3-8,14H2,1-2H3. The van der Waals surface area contributed by atoms with Crippen molar-refractivity contribution in [3.63, 3.8) is 0 Å². The predicted molar refractivity (Wildman–Crippen MR) is 58.8 cm³/mol. The van der Waals surface area contributed by atoms with E-state index in [1.54, 1.807) is 7.11 Å². The molecule has 1 unspecified atom stereocenters. The quantitative estimate of drug-likeness (QED) is 0.623. The molecular formula is C10H21F3N2O2. The Balaban J connectivity index is 3.42. The lowest BCUT2D eigenvalue weighted by Gasteiger charge is -2.20. The van der Waals surface area contributed by atoms with E-state index < -0.39 is 12.8 Å². The van der Waals surface area contributed by atoms with Gasteiger partial charge in [-0.25, -0.2) is 0 Å². The Labute approximate surface area is 99.8 Å². The first kappa shape index (κ1) is 16.6. The summed E-state index contributed by atoms with van der Waals surface area (Å²) in [7, 11) is 3.43. The molecule has 4 nitrogen and oxygen atoms in total. The van der Waals surface area contributed by atoms with Crippen molar-refractivity contribution in [2.45, 2.75) is 18.6 Å². The van der Waals surface area contributed by atoms with Gasteiger partial charge in [0.1, 0.15) is 6.61 Å². The molecule has 0 heterocycles. The average Bonchev–Trinajstić information content (AvgIpc) is 2.15. The first-order chi connectivity index (χ1) is 7.85. The Morgan fingerprint density at radius 1 is 1.35 bits per heavy atom. The lowest BCUT2D eigenvalue weighted by Crippen LogP contribution is -2.39. The van der Waals surface area contributed by atoms with Crippen LogP contribution in [-0.4, -0.2) is 64.2 Å². The molecule has 0 aliphatic rings. The minimum atomic E-state index is -4.24. The van der Waals surface area contributed by atoms with Crippen LogP contribution in [0.4, 0.5) is 13.2 Å². The van der Waals surface area contributed by atoms with Crippen LogP contribution in [0.5, 0.6) is 0 Å². The van der Waals surface area contributed by atoms with Gasteiger partial charge in [-0.05, 0) is 13.5 Å². The fraction of sp³-hybridized carbons (Fsp3) is 1.00. The molecule has 0 saturated carbocycles. The predicted octanol–water partition coefficient (Wildman–Crippen LogP) is 0.861. The number of methoxy groups -OCH3 is 1. The van der Waals surface area contributed by atoms with E-state index in [1.807, 2.05) is 11.9 Å². The number of alkyl halides is 3. The SMILES string of the molecule is COCC(N)CN(C)CCCOCC(F)(F)F. The molecule has 0 bridgehead atoms. The fourth-order valence-corrected chi connectivity index (χ4v) is 1.38. The summed E-state index contributed by atoms with van der Waals surface area (Å²) in [5, 5.41) is 0. The highest BCUT2D eigenvalue weighted by molar-refractivity contribution is 4.64. The fourth-order valence-electron chi connectivity index (χ4n) is 1.38. The van der Waals surface area contributed by atoms with Crippen molar-refractivity contribution in [3.8, 4) is 0 Å². The van der Waals surface area contributed by atoms with Gasteiger partial charge in [0.15, 0.2) is 0 Å². The van der Waals surface area contributed by atoms with Crippen LogP contribution in [0, 0.1) is 0 Å². The van der Waals surface area contributed by atoms with Gasteiger partial charge < -0.3 is 20.1 Å². The number of nitrogens with zero attached hydrogens (tertiary/aromatic N) is 1. The third kappa shape index (κ3) is 11.9. The molecule has 0 fully saturated rings. The van der Waals surface area contributed by atoms with E-state index >= 15 is 0 Å². The van der Waals surface area contributed by atoms with Gasteiger partial charge in [-0.15, -0.1) is 0 Å². The maximum atomic E-state index is 11.7. The van der Waals surface area contributed by atoms with Gasteiger partial charge >= 0.3 is 6.18 Å². The second-order valence-electron chi connectivity index (χ2n) is 4.00. The summed E-state index contributed by atoms with van der Waals surface area (Å²) in [5.74, 6) is 0. The highest BCUT2D eigenvalue weighted by atomic mass is 19.4. The van der Waals surface area contributed by atoms with E-state index in [4.69, 9.17) is 10.5 Å². The molecule has 1 atom stereocenters. The van der Waals surface area contributed by atoms with Crippen molar-refractivity contribution < 1.29 is 22.6 Å².